The van der Waals surface area contributed by atoms with Crippen LogP contribution < -0.4 is 9.47 Å². The average molecular weight is 260 g/mol. The van der Waals surface area contributed by atoms with Crippen LogP contribution in [0.4, 0.5) is 0 Å². The molecule has 0 unspecified atom stereocenters. The number of aliphatic hydroxyl groups is 1. The van der Waals surface area contributed by atoms with E-state index in [2.05, 4.69) is 5.92 Å². The number of benzene rings is 1. The standard InChI is InChI=1S/C15H16O4/c1-3-11-8-9-14(15(10-16)18-11)19-13-6-4-12(17-2)5-7-13/h1,4-9,11,14-16H,10H2,2H3/t11-,14+,15+/m1/s1. The third kappa shape index (κ3) is 3.28. The molecule has 0 amide bonds. The second kappa shape index (κ2) is 6.28. The summed E-state index contributed by atoms with van der Waals surface area (Å²) in [5.41, 5.74) is 0. The van der Waals surface area contributed by atoms with E-state index in [0.717, 1.165) is 5.75 Å². The number of hydrogen-bond acceptors (Lipinski definition) is 4. The summed E-state index contributed by atoms with van der Waals surface area (Å²) in [7, 11) is 1.61. The van der Waals surface area contributed by atoms with Gasteiger partial charge >= 0.3 is 0 Å². The molecule has 0 bridgehead atoms. The Hall–Kier alpha value is -1.96. The van der Waals surface area contributed by atoms with E-state index in [4.69, 9.17) is 20.6 Å². The van der Waals surface area contributed by atoms with Gasteiger partial charge in [0.2, 0.25) is 0 Å². The first-order chi connectivity index (χ1) is 9.26. The van der Waals surface area contributed by atoms with Gasteiger partial charge in [0, 0.05) is 0 Å². The van der Waals surface area contributed by atoms with E-state index in [-0.39, 0.29) is 12.7 Å². The zero-order valence-electron chi connectivity index (χ0n) is 10.7. The monoisotopic (exact) mass is 260 g/mol. The van der Waals surface area contributed by atoms with Crippen LogP contribution in [0, 0.1) is 12.3 Å². The Labute approximate surface area is 112 Å². The fourth-order valence-corrected chi connectivity index (χ4v) is 1.81. The van der Waals surface area contributed by atoms with Gasteiger partial charge in [-0.05, 0) is 36.4 Å². The third-order valence-corrected chi connectivity index (χ3v) is 2.84. The first kappa shape index (κ1) is 13.5. The lowest BCUT2D eigenvalue weighted by Crippen LogP contribution is -2.40. The molecule has 0 aromatic heterocycles. The molecule has 0 fully saturated rings. The Bertz CT molecular complexity index is 472. The van der Waals surface area contributed by atoms with Crippen molar-refractivity contribution in [2.45, 2.75) is 18.3 Å². The Morgan fingerprint density at radius 3 is 2.53 bits per heavy atom. The van der Waals surface area contributed by atoms with E-state index in [1.54, 1.807) is 37.5 Å². The molecule has 3 atom stereocenters. The van der Waals surface area contributed by atoms with Gasteiger partial charge in [0.1, 0.15) is 29.8 Å². The zero-order valence-corrected chi connectivity index (χ0v) is 10.7. The predicted octanol–water partition coefficient (Wildman–Crippen LogP) is 1.39. The maximum absolute atomic E-state index is 9.31. The number of ether oxygens (including phenoxy) is 3. The van der Waals surface area contributed by atoms with Crippen LogP contribution in [0.5, 0.6) is 11.5 Å². The summed E-state index contributed by atoms with van der Waals surface area (Å²) in [5.74, 6) is 3.91. The highest BCUT2D eigenvalue weighted by molar-refractivity contribution is 5.31. The minimum absolute atomic E-state index is 0.149. The van der Waals surface area contributed by atoms with E-state index in [1.165, 1.54) is 0 Å². The summed E-state index contributed by atoms with van der Waals surface area (Å²) in [6.45, 7) is -0.149. The molecule has 0 spiro atoms. The minimum atomic E-state index is -0.465. The van der Waals surface area contributed by atoms with Crippen LogP contribution in [0.3, 0.4) is 0 Å². The van der Waals surface area contributed by atoms with Crippen LogP contribution in [0.1, 0.15) is 0 Å². The third-order valence-electron chi connectivity index (χ3n) is 2.84. The van der Waals surface area contributed by atoms with E-state index in [1.807, 2.05) is 6.08 Å². The van der Waals surface area contributed by atoms with Crippen LogP contribution in [0.25, 0.3) is 0 Å². The lowest BCUT2D eigenvalue weighted by Gasteiger charge is -2.29. The van der Waals surface area contributed by atoms with Crippen molar-refractivity contribution in [2.24, 2.45) is 0 Å². The van der Waals surface area contributed by atoms with E-state index in [9.17, 15) is 5.11 Å². The van der Waals surface area contributed by atoms with Crippen LogP contribution >= 0.6 is 0 Å². The van der Waals surface area contributed by atoms with Crippen molar-refractivity contribution in [2.75, 3.05) is 13.7 Å². The molecule has 4 heteroatoms. The normalized spacial score (nSPS) is 25.6. The molecule has 2 rings (SSSR count). The van der Waals surface area contributed by atoms with Gasteiger partial charge in [0.05, 0.1) is 13.7 Å². The first-order valence-corrected chi connectivity index (χ1v) is 5.98. The molecule has 1 aliphatic rings. The second-order valence-corrected chi connectivity index (χ2v) is 4.09. The second-order valence-electron chi connectivity index (χ2n) is 4.09. The quantitative estimate of drug-likeness (QED) is 0.656. The highest BCUT2D eigenvalue weighted by Crippen LogP contribution is 2.22. The van der Waals surface area contributed by atoms with Crippen molar-refractivity contribution in [3.05, 3.63) is 36.4 Å². The largest absolute Gasteiger partial charge is 0.497 e. The number of terminal acetylenes is 1. The number of rotatable bonds is 4. The van der Waals surface area contributed by atoms with Crippen LogP contribution in [0.15, 0.2) is 36.4 Å². The van der Waals surface area contributed by atoms with Gasteiger partial charge in [-0.3, -0.25) is 0 Å². The zero-order chi connectivity index (χ0) is 13.7. The van der Waals surface area contributed by atoms with Crippen molar-refractivity contribution in [1.29, 1.82) is 0 Å². The molecule has 19 heavy (non-hydrogen) atoms. The summed E-state index contributed by atoms with van der Waals surface area (Å²) >= 11 is 0. The van der Waals surface area contributed by atoms with Gasteiger partial charge in [0.25, 0.3) is 0 Å². The van der Waals surface area contributed by atoms with Crippen LogP contribution in [-0.2, 0) is 4.74 Å². The first-order valence-electron chi connectivity index (χ1n) is 5.98. The van der Waals surface area contributed by atoms with Crippen LogP contribution in [-0.4, -0.2) is 37.1 Å². The Morgan fingerprint density at radius 1 is 1.26 bits per heavy atom. The molecule has 1 N–H and O–H groups in total. The number of methoxy groups -OCH3 is 1. The smallest absolute Gasteiger partial charge is 0.145 e. The molecule has 1 aromatic rings. The highest BCUT2D eigenvalue weighted by atomic mass is 16.6. The molecule has 0 saturated carbocycles. The summed E-state index contributed by atoms with van der Waals surface area (Å²) in [6.07, 6.45) is 7.62. The topological polar surface area (TPSA) is 47.9 Å². The highest BCUT2D eigenvalue weighted by Gasteiger charge is 2.27. The number of hydrogen-bond donors (Lipinski definition) is 1. The van der Waals surface area contributed by atoms with Gasteiger partial charge in [0.15, 0.2) is 0 Å². The average Bonchev–Trinajstić information content (AvgIpc) is 2.48. The maximum atomic E-state index is 9.31. The van der Waals surface area contributed by atoms with Gasteiger partial charge in [-0.15, -0.1) is 6.42 Å². The molecule has 1 heterocycles. The predicted molar refractivity (Wildman–Crippen MR) is 71.1 cm³/mol. The van der Waals surface area contributed by atoms with E-state index in [0.29, 0.717) is 5.75 Å². The van der Waals surface area contributed by atoms with E-state index < -0.39 is 12.2 Å². The molecule has 1 aliphatic heterocycles. The van der Waals surface area contributed by atoms with Crippen molar-refractivity contribution in [1.82, 2.24) is 0 Å². The molecule has 0 radical (unpaired) electrons. The van der Waals surface area contributed by atoms with E-state index >= 15 is 0 Å². The van der Waals surface area contributed by atoms with Gasteiger partial charge in [-0.2, -0.15) is 0 Å². The molecular formula is C15H16O4. The molecular weight excluding hydrogens is 244 g/mol. The van der Waals surface area contributed by atoms with Gasteiger partial charge < -0.3 is 19.3 Å². The number of aliphatic hydroxyl groups excluding tert-OH is 1. The summed E-state index contributed by atoms with van der Waals surface area (Å²) in [4.78, 5) is 0. The Kier molecular flexibility index (Phi) is 4.45. The maximum Gasteiger partial charge on any atom is 0.145 e. The van der Waals surface area contributed by atoms with Gasteiger partial charge in [-0.25, -0.2) is 0 Å². The van der Waals surface area contributed by atoms with Gasteiger partial charge in [-0.1, -0.05) is 5.92 Å². The van der Waals surface area contributed by atoms with Crippen molar-refractivity contribution in [3.63, 3.8) is 0 Å². The SMILES string of the molecule is C#C[C@@H]1C=C[C@H](Oc2ccc(OC)cc2)[C@H](CO)O1. The molecule has 4 nitrogen and oxygen atoms in total. The minimum Gasteiger partial charge on any atom is -0.497 e. The molecule has 1 aromatic carbocycles. The van der Waals surface area contributed by atoms with Crippen LogP contribution in [0.2, 0.25) is 0 Å². The summed E-state index contributed by atoms with van der Waals surface area (Å²) < 4.78 is 16.3. The van der Waals surface area contributed by atoms with Crippen molar-refractivity contribution in [3.8, 4) is 23.8 Å². The molecule has 0 saturated heterocycles. The van der Waals surface area contributed by atoms with Crippen molar-refractivity contribution < 1.29 is 19.3 Å². The summed E-state index contributed by atoms with van der Waals surface area (Å²) in [6, 6.07) is 7.21. The molecule has 0 aliphatic carbocycles. The van der Waals surface area contributed by atoms with Crippen molar-refractivity contribution >= 4 is 0 Å². The fraction of sp³-hybridized carbons (Fsp3) is 0.333. The Morgan fingerprint density at radius 2 is 1.95 bits per heavy atom. The summed E-state index contributed by atoms with van der Waals surface area (Å²) in [5, 5.41) is 9.31. The fourth-order valence-electron chi connectivity index (χ4n) is 1.81. The lowest BCUT2D eigenvalue weighted by molar-refractivity contribution is -0.0548. The lowest BCUT2D eigenvalue weighted by atomic mass is 10.1. The molecule has 100 valence electrons. The Balaban J connectivity index is 2.06.